The van der Waals surface area contributed by atoms with E-state index in [0.29, 0.717) is 35.0 Å². The van der Waals surface area contributed by atoms with Crippen LogP contribution in [0.2, 0.25) is 0 Å². The Labute approximate surface area is 354 Å². The van der Waals surface area contributed by atoms with E-state index in [0.717, 1.165) is 32.5 Å². The van der Waals surface area contributed by atoms with Gasteiger partial charge >= 0.3 is 0 Å². The van der Waals surface area contributed by atoms with E-state index in [1.54, 1.807) is 0 Å². The summed E-state index contributed by atoms with van der Waals surface area (Å²) in [5.41, 5.74) is 8.64. The third kappa shape index (κ3) is 9.91. The van der Waals surface area contributed by atoms with E-state index in [4.69, 9.17) is 30.0 Å². The fourth-order valence-electron chi connectivity index (χ4n) is 6.49. The van der Waals surface area contributed by atoms with Gasteiger partial charge in [-0.3, -0.25) is 0 Å². The second-order valence-electron chi connectivity index (χ2n) is 19.3. The first kappa shape index (κ1) is 41.4. The standard InChI is InChI=1S/C50H56N8S/c1-47(2,3)31-13-21-35(22-14-31)51-43-44(52-36-23-15-32(16-24-36)48(4,5)6)56-41(55-43)39-29-30-40(59-39)42-57-45(53-37-25-17-33(18-26-37)49(7,8)9)46(58-42)54-38-27-19-34(20-28-38)50(10,11)12/h13-30H,1-12H3,(H,51,52,55,56)(H,53,54,57,58). The van der Waals surface area contributed by atoms with Gasteiger partial charge in [-0.05, 0) is 105 Å². The monoisotopic (exact) mass is 800 g/mol. The minimum Gasteiger partial charge on any atom is -0.337 e. The molecule has 1 aromatic heterocycles. The van der Waals surface area contributed by atoms with Crippen LogP contribution >= 0.6 is 11.3 Å². The summed E-state index contributed by atoms with van der Waals surface area (Å²) >= 11 is 1.54. The van der Waals surface area contributed by atoms with Gasteiger partial charge in [0.2, 0.25) is 0 Å². The molecule has 0 saturated carbocycles. The maximum absolute atomic E-state index is 5.01. The van der Waals surface area contributed by atoms with Crippen molar-refractivity contribution in [3.05, 3.63) is 141 Å². The van der Waals surface area contributed by atoms with Crippen LogP contribution in [0.15, 0.2) is 139 Å². The molecule has 0 amide bonds. The van der Waals surface area contributed by atoms with Gasteiger partial charge in [0.15, 0.2) is 35.0 Å². The van der Waals surface area contributed by atoms with Gasteiger partial charge in [0.1, 0.15) is 0 Å². The molecule has 302 valence electrons. The Morgan fingerprint density at radius 1 is 0.373 bits per heavy atom. The summed E-state index contributed by atoms with van der Waals surface area (Å²) in [4.78, 5) is 31.7. The predicted octanol–water partition coefficient (Wildman–Crippen LogP) is 12.9. The maximum Gasteiger partial charge on any atom is 0.198 e. The van der Waals surface area contributed by atoms with Crippen molar-refractivity contribution >= 4 is 69.1 Å². The minimum atomic E-state index is 0.0428. The third-order valence-corrected chi connectivity index (χ3v) is 11.4. The molecular formula is C50H56N8S. The van der Waals surface area contributed by atoms with Crippen molar-refractivity contribution in [1.82, 2.24) is 0 Å². The van der Waals surface area contributed by atoms with E-state index in [2.05, 4.69) is 167 Å². The summed E-state index contributed by atoms with van der Waals surface area (Å²) in [6, 6.07) is 37.7. The molecule has 0 unspecified atom stereocenters. The normalized spacial score (nSPS) is 16.3. The van der Waals surface area contributed by atoms with Gasteiger partial charge in [-0.25, -0.2) is 30.0 Å². The highest BCUT2D eigenvalue weighted by Gasteiger charge is 2.26. The average Bonchev–Trinajstić information content (AvgIpc) is 3.91. The highest BCUT2D eigenvalue weighted by molar-refractivity contribution is 7.16. The van der Waals surface area contributed by atoms with E-state index >= 15 is 0 Å². The van der Waals surface area contributed by atoms with Gasteiger partial charge in [0.25, 0.3) is 0 Å². The molecule has 4 aromatic carbocycles. The Kier molecular flexibility index (Phi) is 11.0. The van der Waals surface area contributed by atoms with Crippen molar-refractivity contribution in [2.45, 2.75) is 105 Å². The summed E-state index contributed by atoms with van der Waals surface area (Å²) in [6.07, 6.45) is 0. The van der Waals surface area contributed by atoms with E-state index in [-0.39, 0.29) is 21.7 Å². The van der Waals surface area contributed by atoms with Gasteiger partial charge in [0.05, 0.1) is 21.1 Å². The van der Waals surface area contributed by atoms with Crippen molar-refractivity contribution in [2.75, 3.05) is 10.6 Å². The topological polar surface area (TPSA) is 98.2 Å². The molecule has 2 aliphatic heterocycles. The zero-order valence-electron chi connectivity index (χ0n) is 36.5. The number of hydrogen-bond donors (Lipinski definition) is 2. The first-order chi connectivity index (χ1) is 27.7. The number of anilines is 2. The van der Waals surface area contributed by atoms with Gasteiger partial charge in [0, 0.05) is 11.4 Å². The lowest BCUT2D eigenvalue weighted by molar-refractivity contribution is 0.590. The summed E-state index contributed by atoms with van der Waals surface area (Å²) in [5.74, 6) is 3.37. The van der Waals surface area contributed by atoms with Crippen LogP contribution in [-0.2, 0) is 21.7 Å². The number of benzene rings is 4. The van der Waals surface area contributed by atoms with Gasteiger partial charge in [-0.15, -0.1) is 11.3 Å². The Hall–Kier alpha value is -5.80. The summed E-state index contributed by atoms with van der Waals surface area (Å²) in [6.45, 7) is 26.5. The number of rotatable bonds is 6. The quantitative estimate of drug-likeness (QED) is 0.179. The number of hydrogen-bond acceptors (Lipinski definition) is 7. The van der Waals surface area contributed by atoms with Crippen LogP contribution in [0.25, 0.3) is 0 Å². The van der Waals surface area contributed by atoms with Crippen LogP contribution in [0.1, 0.15) is 115 Å². The summed E-state index contributed by atoms with van der Waals surface area (Å²) in [7, 11) is 0. The van der Waals surface area contributed by atoms with Crippen LogP contribution < -0.4 is 10.6 Å². The van der Waals surface area contributed by atoms with Crippen LogP contribution in [0, 0.1) is 0 Å². The molecule has 59 heavy (non-hydrogen) atoms. The molecule has 0 spiro atoms. The molecule has 7 rings (SSSR count). The molecule has 0 atom stereocenters. The first-order valence-electron chi connectivity index (χ1n) is 20.3. The van der Waals surface area contributed by atoms with Crippen molar-refractivity contribution in [1.29, 1.82) is 0 Å². The predicted molar refractivity (Wildman–Crippen MR) is 254 cm³/mol. The molecule has 2 N–H and O–H groups in total. The number of aliphatic imine (C=N–C) groups is 6. The van der Waals surface area contributed by atoms with Crippen LogP contribution in [0.4, 0.5) is 22.7 Å². The largest absolute Gasteiger partial charge is 0.337 e. The van der Waals surface area contributed by atoms with E-state index in [1.165, 1.54) is 33.6 Å². The number of thiophene rings is 1. The van der Waals surface area contributed by atoms with Gasteiger partial charge < -0.3 is 10.6 Å². The van der Waals surface area contributed by atoms with Crippen molar-refractivity contribution in [2.24, 2.45) is 30.0 Å². The molecule has 0 radical (unpaired) electrons. The number of nitrogens with one attached hydrogen (secondary N) is 2. The lowest BCUT2D eigenvalue weighted by Crippen LogP contribution is -2.19. The SMILES string of the molecule is CC(C)(C)c1ccc(N=C2N=C(c3ccc(C4=NC(=Nc5ccc(C(C)(C)C)cc5)C(Nc5ccc(C(C)(C)C)cc5)=N4)s3)N=C2Nc2ccc(C(C)(C)C)cc2)cc1. The van der Waals surface area contributed by atoms with E-state index in [9.17, 15) is 0 Å². The van der Waals surface area contributed by atoms with Gasteiger partial charge in [-0.2, -0.15) is 0 Å². The number of nitrogens with zero attached hydrogens (tertiary/aromatic N) is 6. The summed E-state index contributed by atoms with van der Waals surface area (Å²) < 4.78 is 0. The zero-order chi connectivity index (χ0) is 42.3. The second-order valence-corrected chi connectivity index (χ2v) is 20.4. The van der Waals surface area contributed by atoms with Crippen LogP contribution in [0.3, 0.4) is 0 Å². The Bertz CT molecular complexity index is 2340. The highest BCUT2D eigenvalue weighted by atomic mass is 32.1. The molecule has 0 aliphatic carbocycles. The smallest absolute Gasteiger partial charge is 0.198 e. The molecule has 5 aromatic rings. The fraction of sp³-hybridized carbons (Fsp3) is 0.320. The molecule has 0 bridgehead atoms. The average molecular weight is 801 g/mol. The molecule has 0 saturated heterocycles. The molecular weight excluding hydrogens is 745 g/mol. The van der Waals surface area contributed by atoms with Crippen LogP contribution in [0.5, 0.6) is 0 Å². The van der Waals surface area contributed by atoms with Crippen molar-refractivity contribution in [3.8, 4) is 0 Å². The highest BCUT2D eigenvalue weighted by Crippen LogP contribution is 2.30. The van der Waals surface area contributed by atoms with Crippen molar-refractivity contribution in [3.63, 3.8) is 0 Å². The van der Waals surface area contributed by atoms with Gasteiger partial charge in [-0.1, -0.05) is 132 Å². The molecule has 8 nitrogen and oxygen atoms in total. The number of amidine groups is 6. The van der Waals surface area contributed by atoms with E-state index in [1.807, 2.05) is 36.4 Å². The summed E-state index contributed by atoms with van der Waals surface area (Å²) in [5, 5.41) is 7.02. The Morgan fingerprint density at radius 3 is 0.949 bits per heavy atom. The van der Waals surface area contributed by atoms with Crippen LogP contribution in [-0.4, -0.2) is 35.0 Å². The molecule has 2 aliphatic rings. The lowest BCUT2D eigenvalue weighted by Gasteiger charge is -2.19. The zero-order valence-corrected chi connectivity index (χ0v) is 37.3. The Balaban J connectivity index is 1.21. The fourth-order valence-corrected chi connectivity index (χ4v) is 7.36. The molecule has 9 heteroatoms. The van der Waals surface area contributed by atoms with Crippen molar-refractivity contribution < 1.29 is 0 Å². The Morgan fingerprint density at radius 2 is 0.661 bits per heavy atom. The minimum absolute atomic E-state index is 0.0428. The van der Waals surface area contributed by atoms with E-state index < -0.39 is 0 Å². The first-order valence-corrected chi connectivity index (χ1v) is 21.1. The maximum atomic E-state index is 5.01. The second kappa shape index (κ2) is 15.8. The molecule has 0 fully saturated rings. The lowest BCUT2D eigenvalue weighted by atomic mass is 9.87. The third-order valence-electron chi connectivity index (χ3n) is 10.3. The molecule has 3 heterocycles.